The van der Waals surface area contributed by atoms with Crippen molar-refractivity contribution in [1.82, 2.24) is 0 Å². The molecule has 8 heteroatoms. The van der Waals surface area contributed by atoms with Gasteiger partial charge in [0.05, 0.1) is 78.1 Å². The highest BCUT2D eigenvalue weighted by molar-refractivity contribution is 5.93. The number of hydrogen-bond acceptors (Lipinski definition) is 6. The van der Waals surface area contributed by atoms with Crippen molar-refractivity contribution in [2.24, 2.45) is 0 Å². The average Bonchev–Trinajstić information content (AvgIpc) is 2.98. The molecular formula is C25H40INO6. The van der Waals surface area contributed by atoms with Crippen LogP contribution in [0.3, 0.4) is 0 Å². The molecule has 0 bridgehead atoms. The summed E-state index contributed by atoms with van der Waals surface area (Å²) in [6.07, 6.45) is 0.839. The zero-order valence-electron chi connectivity index (χ0n) is 20.4. The van der Waals surface area contributed by atoms with Gasteiger partial charge < -0.3 is 52.4 Å². The van der Waals surface area contributed by atoms with Crippen molar-refractivity contribution in [2.75, 3.05) is 79.2 Å². The predicted octanol–water partition coefficient (Wildman–Crippen LogP) is -0.0414. The van der Waals surface area contributed by atoms with E-state index in [1.165, 1.54) is 17.0 Å². The van der Waals surface area contributed by atoms with Crippen LogP contribution in [0.5, 0.6) is 0 Å². The first-order valence-corrected chi connectivity index (χ1v) is 11.8. The summed E-state index contributed by atoms with van der Waals surface area (Å²) in [5.41, 5.74) is 4.19. The quantitative estimate of drug-likeness (QED) is 0.269. The van der Waals surface area contributed by atoms with Crippen LogP contribution >= 0.6 is 0 Å². The molecule has 0 radical (unpaired) electrons. The van der Waals surface area contributed by atoms with Gasteiger partial charge in [0.25, 0.3) is 0 Å². The van der Waals surface area contributed by atoms with Gasteiger partial charge in [-0.1, -0.05) is 18.2 Å². The lowest BCUT2D eigenvalue weighted by atomic mass is 9.82. The second-order valence-electron chi connectivity index (χ2n) is 8.71. The number of benzene rings is 1. The zero-order chi connectivity index (χ0) is 22.7. The van der Waals surface area contributed by atoms with E-state index in [0.29, 0.717) is 72.7 Å². The predicted molar refractivity (Wildman–Crippen MR) is 123 cm³/mol. The highest BCUT2D eigenvalue weighted by Crippen LogP contribution is 2.39. The molecule has 33 heavy (non-hydrogen) atoms. The molecule has 188 valence electrons. The van der Waals surface area contributed by atoms with Crippen LogP contribution in [0.15, 0.2) is 24.3 Å². The van der Waals surface area contributed by atoms with Gasteiger partial charge in [0, 0.05) is 25.0 Å². The lowest BCUT2D eigenvalue weighted by molar-refractivity contribution is -0.440. The lowest BCUT2D eigenvalue weighted by Crippen LogP contribution is -3.00. The van der Waals surface area contributed by atoms with E-state index in [1.54, 1.807) is 0 Å². The minimum Gasteiger partial charge on any atom is -1.00 e. The molecule has 7 nitrogen and oxygen atoms in total. The molecule has 1 saturated heterocycles. The van der Waals surface area contributed by atoms with Crippen LogP contribution in [0.2, 0.25) is 0 Å². The molecular weight excluding hydrogens is 537 g/mol. The molecule has 1 fully saturated rings. The number of fused-ring (bicyclic) bond motifs is 1. The summed E-state index contributed by atoms with van der Waals surface area (Å²) in [6.45, 7) is 13.9. The molecule has 1 aromatic rings. The van der Waals surface area contributed by atoms with Crippen molar-refractivity contribution in [3.8, 4) is 0 Å². The number of para-hydroxylation sites is 1. The first-order valence-electron chi connectivity index (χ1n) is 11.8. The Bertz CT molecular complexity index is 711. The Balaban J connectivity index is 0.00000385. The SMILES string of the molecule is CC1=[N+](CCCOCC2COCCOCCOCCOCCO2)c2ccccc2C1(C)C.[I-]. The molecule has 0 amide bonds. The Labute approximate surface area is 215 Å². The molecule has 1 unspecified atom stereocenters. The topological polar surface area (TPSA) is 58.4 Å². The van der Waals surface area contributed by atoms with Gasteiger partial charge in [0.15, 0.2) is 12.3 Å². The second kappa shape index (κ2) is 15.4. The standard InChI is InChI=1S/C25H40NO6.HI/c1-21-25(2,3)23-7-4-5-8-24(23)26(21)9-6-10-30-19-22-20-31-16-15-28-12-11-27-13-14-29-17-18-32-22;/h4-5,7-8,22H,6,9-20H2,1-3H3;1H/q+1;/p-1. The fraction of sp³-hybridized carbons (Fsp3) is 0.720. The minimum absolute atomic E-state index is 0. The normalized spacial score (nSPS) is 22.7. The second-order valence-corrected chi connectivity index (χ2v) is 8.71. The lowest BCUT2D eigenvalue weighted by Gasteiger charge is -2.18. The van der Waals surface area contributed by atoms with Crippen LogP contribution in [-0.4, -0.2) is 95.6 Å². The summed E-state index contributed by atoms with van der Waals surface area (Å²) in [4.78, 5) is 0. The summed E-state index contributed by atoms with van der Waals surface area (Å²) in [5, 5.41) is 0. The molecule has 0 aromatic heterocycles. The van der Waals surface area contributed by atoms with E-state index >= 15 is 0 Å². The van der Waals surface area contributed by atoms with Crippen LogP contribution in [0.1, 0.15) is 32.8 Å². The van der Waals surface area contributed by atoms with E-state index < -0.39 is 0 Å². The number of hydrogen-bond donors (Lipinski definition) is 0. The fourth-order valence-corrected chi connectivity index (χ4v) is 4.07. The Kier molecular flexibility index (Phi) is 13.3. The smallest absolute Gasteiger partial charge is 0.209 e. The van der Waals surface area contributed by atoms with Crippen molar-refractivity contribution in [1.29, 1.82) is 0 Å². The van der Waals surface area contributed by atoms with Crippen molar-refractivity contribution < 1.29 is 57.0 Å². The molecule has 1 atom stereocenters. The monoisotopic (exact) mass is 577 g/mol. The fourth-order valence-electron chi connectivity index (χ4n) is 4.07. The number of halogens is 1. The molecule has 2 aliphatic heterocycles. The average molecular weight is 578 g/mol. The van der Waals surface area contributed by atoms with Gasteiger partial charge in [0.1, 0.15) is 6.10 Å². The number of ether oxygens (including phenoxy) is 6. The third kappa shape index (κ3) is 8.83. The van der Waals surface area contributed by atoms with Gasteiger partial charge in [-0.2, -0.15) is 4.58 Å². The Hall–Kier alpha value is -0.620. The maximum absolute atomic E-state index is 5.96. The molecule has 2 heterocycles. The first-order chi connectivity index (χ1) is 15.6. The summed E-state index contributed by atoms with van der Waals surface area (Å²) in [7, 11) is 0. The summed E-state index contributed by atoms with van der Waals surface area (Å²) in [6, 6.07) is 8.70. The summed E-state index contributed by atoms with van der Waals surface area (Å²) in [5.74, 6) is 0. The van der Waals surface area contributed by atoms with Crippen LogP contribution in [-0.2, 0) is 33.8 Å². The number of rotatable bonds is 6. The number of nitrogens with zero attached hydrogens (tertiary/aromatic N) is 1. The van der Waals surface area contributed by atoms with E-state index in [-0.39, 0.29) is 35.5 Å². The van der Waals surface area contributed by atoms with Gasteiger partial charge in [-0.3, -0.25) is 0 Å². The highest BCUT2D eigenvalue weighted by Gasteiger charge is 2.42. The molecule has 2 aliphatic rings. The zero-order valence-corrected chi connectivity index (χ0v) is 22.5. The van der Waals surface area contributed by atoms with Crippen LogP contribution in [0, 0.1) is 0 Å². The van der Waals surface area contributed by atoms with Crippen molar-refractivity contribution in [3.63, 3.8) is 0 Å². The van der Waals surface area contributed by atoms with Crippen LogP contribution in [0.25, 0.3) is 0 Å². The molecule has 1 aromatic carbocycles. The largest absolute Gasteiger partial charge is 1.00 e. The van der Waals surface area contributed by atoms with E-state index in [0.717, 1.165) is 13.0 Å². The van der Waals surface area contributed by atoms with Gasteiger partial charge in [-0.05, 0) is 13.8 Å². The van der Waals surface area contributed by atoms with Crippen LogP contribution in [0.4, 0.5) is 5.69 Å². The van der Waals surface area contributed by atoms with Crippen LogP contribution < -0.4 is 24.0 Å². The van der Waals surface area contributed by atoms with Gasteiger partial charge in [0.2, 0.25) is 5.69 Å². The first kappa shape index (κ1) is 28.6. The maximum Gasteiger partial charge on any atom is 0.209 e. The van der Waals surface area contributed by atoms with Crippen molar-refractivity contribution in [3.05, 3.63) is 29.8 Å². The highest BCUT2D eigenvalue weighted by atomic mass is 127. The van der Waals surface area contributed by atoms with Gasteiger partial charge >= 0.3 is 0 Å². The molecule has 3 rings (SSSR count). The summed E-state index contributed by atoms with van der Waals surface area (Å²) < 4.78 is 36.5. The molecule has 0 aliphatic carbocycles. The van der Waals surface area contributed by atoms with E-state index in [9.17, 15) is 0 Å². The molecule has 0 spiro atoms. The van der Waals surface area contributed by atoms with Crippen molar-refractivity contribution in [2.45, 2.75) is 38.7 Å². The van der Waals surface area contributed by atoms with Gasteiger partial charge in [-0.15, -0.1) is 0 Å². The maximum atomic E-state index is 5.96. The third-order valence-corrected chi connectivity index (χ3v) is 6.15. The van der Waals surface area contributed by atoms with E-state index in [1.807, 2.05) is 0 Å². The minimum atomic E-state index is -0.111. The van der Waals surface area contributed by atoms with Gasteiger partial charge in [-0.25, -0.2) is 0 Å². The Morgan fingerprint density at radius 1 is 0.909 bits per heavy atom. The Morgan fingerprint density at radius 2 is 1.52 bits per heavy atom. The van der Waals surface area contributed by atoms with E-state index in [4.69, 9.17) is 28.4 Å². The summed E-state index contributed by atoms with van der Waals surface area (Å²) >= 11 is 0. The third-order valence-electron chi connectivity index (χ3n) is 6.15. The molecule has 0 N–H and O–H groups in total. The molecule has 0 saturated carbocycles. The van der Waals surface area contributed by atoms with Crippen molar-refractivity contribution >= 4 is 11.4 Å². The Morgan fingerprint density at radius 3 is 2.21 bits per heavy atom. The van der Waals surface area contributed by atoms with E-state index in [2.05, 4.69) is 49.6 Å².